The zero-order chi connectivity index (χ0) is 10.4. The van der Waals surface area contributed by atoms with E-state index >= 15 is 0 Å². The molecule has 0 saturated heterocycles. The standard InChI is InChI=1S/C8H13N5S/c1-3-9-8(14)13-12-7-10-5-4-6(2)11-7/h4-5H,3H2,1-2H3,(H2,9,13,14)(H,10,11,12). The molecule has 1 heterocycles. The first-order valence-electron chi connectivity index (χ1n) is 4.32. The normalized spacial score (nSPS) is 9.29. The predicted octanol–water partition coefficient (Wildman–Crippen LogP) is 0.596. The van der Waals surface area contributed by atoms with E-state index in [-0.39, 0.29) is 0 Å². The minimum absolute atomic E-state index is 0.505. The lowest BCUT2D eigenvalue weighted by molar-refractivity contribution is 0.914. The maximum atomic E-state index is 4.94. The largest absolute Gasteiger partial charge is 0.362 e. The maximum absolute atomic E-state index is 4.94. The summed E-state index contributed by atoms with van der Waals surface area (Å²) in [7, 11) is 0. The van der Waals surface area contributed by atoms with Gasteiger partial charge in [0.25, 0.3) is 0 Å². The van der Waals surface area contributed by atoms with E-state index in [1.165, 1.54) is 0 Å². The molecular weight excluding hydrogens is 198 g/mol. The first kappa shape index (κ1) is 10.6. The molecule has 0 aliphatic heterocycles. The molecule has 0 saturated carbocycles. The smallest absolute Gasteiger partial charge is 0.241 e. The minimum Gasteiger partial charge on any atom is -0.362 e. The molecule has 1 aromatic rings. The van der Waals surface area contributed by atoms with Crippen molar-refractivity contribution in [3.8, 4) is 0 Å². The molecule has 0 bridgehead atoms. The van der Waals surface area contributed by atoms with E-state index < -0.39 is 0 Å². The molecule has 0 aromatic carbocycles. The van der Waals surface area contributed by atoms with Gasteiger partial charge in [0.1, 0.15) is 0 Å². The second-order valence-corrected chi connectivity index (χ2v) is 3.04. The molecule has 5 nitrogen and oxygen atoms in total. The number of aromatic nitrogens is 2. The van der Waals surface area contributed by atoms with E-state index in [1.807, 2.05) is 19.9 Å². The average molecular weight is 211 g/mol. The van der Waals surface area contributed by atoms with E-state index in [2.05, 4.69) is 26.1 Å². The molecule has 0 radical (unpaired) electrons. The van der Waals surface area contributed by atoms with E-state index in [0.717, 1.165) is 12.2 Å². The van der Waals surface area contributed by atoms with E-state index in [9.17, 15) is 0 Å². The summed E-state index contributed by atoms with van der Waals surface area (Å²) in [4.78, 5) is 8.13. The quantitative estimate of drug-likeness (QED) is 0.502. The van der Waals surface area contributed by atoms with Crippen molar-refractivity contribution >= 4 is 23.3 Å². The van der Waals surface area contributed by atoms with Crippen molar-refractivity contribution in [3.63, 3.8) is 0 Å². The lowest BCUT2D eigenvalue weighted by Gasteiger charge is -2.09. The Hall–Kier alpha value is -1.43. The number of aryl methyl sites for hydroxylation is 1. The summed E-state index contributed by atoms with van der Waals surface area (Å²) in [6.07, 6.45) is 1.68. The number of nitrogens with zero attached hydrogens (tertiary/aromatic N) is 2. The highest BCUT2D eigenvalue weighted by atomic mass is 32.1. The number of hydrogen-bond donors (Lipinski definition) is 3. The molecule has 3 N–H and O–H groups in total. The summed E-state index contributed by atoms with van der Waals surface area (Å²) in [5, 5.41) is 3.46. The molecule has 0 atom stereocenters. The fourth-order valence-electron chi connectivity index (χ4n) is 0.827. The van der Waals surface area contributed by atoms with Crippen molar-refractivity contribution in [3.05, 3.63) is 18.0 Å². The molecule has 0 amide bonds. The summed E-state index contributed by atoms with van der Waals surface area (Å²) < 4.78 is 0. The van der Waals surface area contributed by atoms with Crippen molar-refractivity contribution in [2.75, 3.05) is 12.0 Å². The van der Waals surface area contributed by atoms with Crippen LogP contribution in [0.25, 0.3) is 0 Å². The molecule has 1 aromatic heterocycles. The van der Waals surface area contributed by atoms with Gasteiger partial charge in [-0.25, -0.2) is 9.97 Å². The highest BCUT2D eigenvalue weighted by Gasteiger charge is 1.95. The van der Waals surface area contributed by atoms with Crippen LogP contribution in [-0.2, 0) is 0 Å². The number of hydrogen-bond acceptors (Lipinski definition) is 4. The summed E-state index contributed by atoms with van der Waals surface area (Å²) in [6, 6.07) is 1.83. The Morgan fingerprint density at radius 1 is 1.57 bits per heavy atom. The third kappa shape index (κ3) is 3.53. The minimum atomic E-state index is 0.505. The number of thiocarbonyl (C=S) groups is 1. The van der Waals surface area contributed by atoms with Crippen molar-refractivity contribution in [2.24, 2.45) is 0 Å². The van der Waals surface area contributed by atoms with Crippen molar-refractivity contribution in [1.82, 2.24) is 20.7 Å². The fraction of sp³-hybridized carbons (Fsp3) is 0.375. The third-order valence-corrected chi connectivity index (χ3v) is 1.67. The van der Waals surface area contributed by atoms with Crippen LogP contribution in [0.3, 0.4) is 0 Å². The zero-order valence-corrected chi connectivity index (χ0v) is 8.98. The fourth-order valence-corrected chi connectivity index (χ4v) is 1.02. The van der Waals surface area contributed by atoms with Gasteiger partial charge in [0.15, 0.2) is 5.11 Å². The molecule has 1 rings (SSSR count). The number of hydrazine groups is 1. The van der Waals surface area contributed by atoms with Crippen molar-refractivity contribution in [2.45, 2.75) is 13.8 Å². The lowest BCUT2D eigenvalue weighted by Crippen LogP contribution is -2.39. The SMILES string of the molecule is CCNC(=S)NNc1nccc(C)n1. The molecule has 76 valence electrons. The van der Waals surface area contributed by atoms with Crippen molar-refractivity contribution in [1.29, 1.82) is 0 Å². The van der Waals surface area contributed by atoms with Gasteiger partial charge in [0.2, 0.25) is 5.95 Å². The lowest BCUT2D eigenvalue weighted by atomic mass is 10.5. The Balaban J connectivity index is 2.41. The number of nitrogens with one attached hydrogen (secondary N) is 3. The van der Waals surface area contributed by atoms with Gasteiger partial charge in [-0.15, -0.1) is 0 Å². The zero-order valence-electron chi connectivity index (χ0n) is 8.16. The summed E-state index contributed by atoms with van der Waals surface area (Å²) in [6.45, 7) is 4.65. The Morgan fingerprint density at radius 3 is 3.00 bits per heavy atom. The molecular formula is C8H13N5S. The summed E-state index contributed by atoms with van der Waals surface area (Å²) in [5.74, 6) is 0.505. The van der Waals surface area contributed by atoms with Crippen LogP contribution in [0.1, 0.15) is 12.6 Å². The van der Waals surface area contributed by atoms with E-state index in [1.54, 1.807) is 6.20 Å². The highest BCUT2D eigenvalue weighted by molar-refractivity contribution is 7.80. The van der Waals surface area contributed by atoms with Crippen LogP contribution in [0.2, 0.25) is 0 Å². The van der Waals surface area contributed by atoms with Crippen LogP contribution < -0.4 is 16.2 Å². The van der Waals surface area contributed by atoms with Crippen LogP contribution in [-0.4, -0.2) is 21.6 Å². The second-order valence-electron chi connectivity index (χ2n) is 2.63. The van der Waals surface area contributed by atoms with Crippen LogP contribution in [0.15, 0.2) is 12.3 Å². The first-order chi connectivity index (χ1) is 6.72. The van der Waals surface area contributed by atoms with Gasteiger partial charge in [-0.2, -0.15) is 0 Å². The molecule has 0 aliphatic rings. The molecule has 0 aliphatic carbocycles. The second kappa shape index (κ2) is 5.33. The molecule has 14 heavy (non-hydrogen) atoms. The highest BCUT2D eigenvalue weighted by Crippen LogP contribution is 1.96. The summed E-state index contributed by atoms with van der Waals surface area (Å²) >= 11 is 4.94. The molecule has 6 heteroatoms. The van der Waals surface area contributed by atoms with Crippen LogP contribution in [0.4, 0.5) is 5.95 Å². The Kier molecular flexibility index (Phi) is 4.06. The van der Waals surface area contributed by atoms with Crippen molar-refractivity contribution < 1.29 is 0 Å². The van der Waals surface area contributed by atoms with Crippen LogP contribution in [0, 0.1) is 6.92 Å². The van der Waals surface area contributed by atoms with Gasteiger partial charge >= 0.3 is 0 Å². The molecule has 0 fully saturated rings. The maximum Gasteiger partial charge on any atom is 0.241 e. The first-order valence-corrected chi connectivity index (χ1v) is 4.72. The number of anilines is 1. The van der Waals surface area contributed by atoms with Crippen LogP contribution in [0.5, 0.6) is 0 Å². The Labute approximate surface area is 88.3 Å². The Bertz CT molecular complexity index is 314. The monoisotopic (exact) mass is 211 g/mol. The van der Waals surface area contributed by atoms with Gasteiger partial charge in [-0.05, 0) is 32.1 Å². The summed E-state index contributed by atoms with van der Waals surface area (Å²) in [5.41, 5.74) is 6.47. The molecule has 0 unspecified atom stereocenters. The van der Waals surface area contributed by atoms with Gasteiger partial charge in [-0.3, -0.25) is 10.9 Å². The topological polar surface area (TPSA) is 61.9 Å². The Morgan fingerprint density at radius 2 is 2.36 bits per heavy atom. The van der Waals surface area contributed by atoms with E-state index in [4.69, 9.17) is 12.2 Å². The van der Waals surface area contributed by atoms with Gasteiger partial charge in [0, 0.05) is 18.4 Å². The average Bonchev–Trinajstić information content (AvgIpc) is 2.15. The van der Waals surface area contributed by atoms with Crippen LogP contribution >= 0.6 is 12.2 Å². The predicted molar refractivity (Wildman–Crippen MR) is 59.8 cm³/mol. The van der Waals surface area contributed by atoms with Gasteiger partial charge in [0.05, 0.1) is 0 Å². The van der Waals surface area contributed by atoms with Gasteiger partial charge < -0.3 is 5.32 Å². The number of rotatable bonds is 3. The van der Waals surface area contributed by atoms with Gasteiger partial charge in [-0.1, -0.05) is 0 Å². The third-order valence-electron chi connectivity index (χ3n) is 1.42. The molecule has 0 spiro atoms. The van der Waals surface area contributed by atoms with E-state index in [0.29, 0.717) is 11.1 Å².